The first-order chi connectivity index (χ1) is 6.58. The Morgan fingerprint density at radius 1 is 1.43 bits per heavy atom. The number of nitrogens with one attached hydrogen (secondary N) is 2. The molecule has 1 heterocycles. The molecule has 0 atom stereocenters. The number of hydrogen-bond acceptors (Lipinski definition) is 4. The van der Waals surface area contributed by atoms with E-state index < -0.39 is 10.0 Å². The van der Waals surface area contributed by atoms with Gasteiger partial charge in [0.15, 0.2) is 0 Å². The molecule has 0 amide bonds. The monoisotopic (exact) mass is 219 g/mol. The Morgan fingerprint density at radius 3 is 2.79 bits per heavy atom. The summed E-state index contributed by atoms with van der Waals surface area (Å²) >= 11 is 0. The Labute approximate surface area is 85.0 Å². The zero-order chi connectivity index (χ0) is 10.4. The Morgan fingerprint density at radius 2 is 2.21 bits per heavy atom. The average Bonchev–Trinajstić information content (AvgIpc) is 2.54. The highest BCUT2D eigenvalue weighted by Gasteiger charge is 2.04. The van der Waals surface area contributed by atoms with Crippen molar-refractivity contribution in [2.75, 3.05) is 25.9 Å². The van der Waals surface area contributed by atoms with Crippen LogP contribution in [0.1, 0.15) is 19.3 Å². The van der Waals surface area contributed by atoms with E-state index in [1.54, 1.807) is 0 Å². The van der Waals surface area contributed by atoms with Crippen molar-refractivity contribution in [3.05, 3.63) is 0 Å². The summed E-state index contributed by atoms with van der Waals surface area (Å²) in [4.78, 5) is 4.25. The third kappa shape index (κ3) is 5.18. The van der Waals surface area contributed by atoms with Crippen LogP contribution in [0.25, 0.3) is 0 Å². The van der Waals surface area contributed by atoms with Crippen LogP contribution in [0.2, 0.25) is 0 Å². The summed E-state index contributed by atoms with van der Waals surface area (Å²) < 4.78 is 23.8. The van der Waals surface area contributed by atoms with Gasteiger partial charge in [0.25, 0.3) is 0 Å². The summed E-state index contributed by atoms with van der Waals surface area (Å²) in [5, 5.41) is 3.18. The zero-order valence-corrected chi connectivity index (χ0v) is 9.23. The van der Waals surface area contributed by atoms with Gasteiger partial charge < -0.3 is 5.32 Å². The third-order valence-corrected chi connectivity index (χ3v) is 2.65. The fourth-order valence-electron chi connectivity index (χ4n) is 1.26. The van der Waals surface area contributed by atoms with Crippen molar-refractivity contribution in [1.82, 2.24) is 10.0 Å². The molecule has 5 nitrogen and oxygen atoms in total. The highest BCUT2D eigenvalue weighted by Crippen LogP contribution is 2.00. The van der Waals surface area contributed by atoms with Gasteiger partial charge in [0.1, 0.15) is 0 Å². The van der Waals surface area contributed by atoms with Crippen LogP contribution in [0.4, 0.5) is 0 Å². The zero-order valence-electron chi connectivity index (χ0n) is 8.41. The Balaban J connectivity index is 1.99. The Bertz CT molecular complexity index is 298. The van der Waals surface area contributed by atoms with Gasteiger partial charge >= 0.3 is 0 Å². The van der Waals surface area contributed by atoms with Gasteiger partial charge in [0, 0.05) is 26.1 Å². The van der Waals surface area contributed by atoms with Gasteiger partial charge in [-0.3, -0.25) is 4.99 Å². The fraction of sp³-hybridized carbons (Fsp3) is 0.875. The van der Waals surface area contributed by atoms with Crippen molar-refractivity contribution in [2.45, 2.75) is 19.3 Å². The highest BCUT2D eigenvalue weighted by molar-refractivity contribution is 7.88. The normalized spacial score (nSPS) is 16.8. The van der Waals surface area contributed by atoms with Crippen molar-refractivity contribution in [3.8, 4) is 0 Å². The maximum Gasteiger partial charge on any atom is 0.208 e. The minimum Gasteiger partial charge on any atom is -0.374 e. The summed E-state index contributed by atoms with van der Waals surface area (Å²) in [6.45, 7) is 2.18. The second-order valence-corrected chi connectivity index (χ2v) is 5.21. The SMILES string of the molecule is CS(=O)(=O)NCCCNC1=NCCC1. The van der Waals surface area contributed by atoms with E-state index >= 15 is 0 Å². The van der Waals surface area contributed by atoms with Gasteiger partial charge in [-0.2, -0.15) is 0 Å². The molecule has 1 rings (SSSR count). The van der Waals surface area contributed by atoms with E-state index in [1.807, 2.05) is 0 Å². The van der Waals surface area contributed by atoms with Crippen LogP contribution in [-0.4, -0.2) is 40.1 Å². The van der Waals surface area contributed by atoms with E-state index in [0.717, 1.165) is 38.2 Å². The molecular formula is C8H17N3O2S. The number of nitrogens with zero attached hydrogens (tertiary/aromatic N) is 1. The van der Waals surface area contributed by atoms with E-state index in [1.165, 1.54) is 6.26 Å². The molecule has 1 aliphatic heterocycles. The maximum atomic E-state index is 10.7. The molecule has 14 heavy (non-hydrogen) atoms. The molecule has 0 bridgehead atoms. The quantitative estimate of drug-likeness (QED) is 0.624. The van der Waals surface area contributed by atoms with Crippen LogP contribution in [0.5, 0.6) is 0 Å². The van der Waals surface area contributed by atoms with Gasteiger partial charge in [-0.1, -0.05) is 0 Å². The smallest absolute Gasteiger partial charge is 0.208 e. The van der Waals surface area contributed by atoms with Gasteiger partial charge in [-0.15, -0.1) is 0 Å². The van der Waals surface area contributed by atoms with E-state index in [-0.39, 0.29) is 0 Å². The van der Waals surface area contributed by atoms with Gasteiger partial charge in [-0.25, -0.2) is 13.1 Å². The summed E-state index contributed by atoms with van der Waals surface area (Å²) in [5.74, 6) is 1.06. The lowest BCUT2D eigenvalue weighted by Gasteiger charge is -2.05. The molecule has 0 unspecified atom stereocenters. The first-order valence-electron chi connectivity index (χ1n) is 4.80. The van der Waals surface area contributed by atoms with Crippen molar-refractivity contribution < 1.29 is 8.42 Å². The molecule has 0 aliphatic carbocycles. The van der Waals surface area contributed by atoms with Crippen molar-refractivity contribution in [1.29, 1.82) is 0 Å². The molecule has 0 aromatic carbocycles. The predicted molar refractivity (Wildman–Crippen MR) is 57.0 cm³/mol. The molecule has 0 spiro atoms. The number of aliphatic imine (C=N–C) groups is 1. The average molecular weight is 219 g/mol. The van der Waals surface area contributed by atoms with Crippen LogP contribution >= 0.6 is 0 Å². The molecule has 0 saturated carbocycles. The standard InChI is InChI=1S/C8H17N3O2S/c1-14(12,13)11-7-3-6-10-8-4-2-5-9-8/h11H,2-7H2,1H3,(H,9,10). The van der Waals surface area contributed by atoms with E-state index in [2.05, 4.69) is 15.0 Å². The molecule has 0 radical (unpaired) electrons. The topological polar surface area (TPSA) is 70.6 Å². The number of amidine groups is 1. The van der Waals surface area contributed by atoms with E-state index in [0.29, 0.717) is 6.54 Å². The van der Waals surface area contributed by atoms with Crippen molar-refractivity contribution in [2.24, 2.45) is 4.99 Å². The molecule has 0 saturated heterocycles. The first kappa shape index (κ1) is 11.5. The Hall–Kier alpha value is -0.620. The highest BCUT2D eigenvalue weighted by atomic mass is 32.2. The molecule has 0 aromatic heterocycles. The van der Waals surface area contributed by atoms with Crippen LogP contribution in [0.15, 0.2) is 4.99 Å². The van der Waals surface area contributed by atoms with Gasteiger partial charge in [0.2, 0.25) is 10.0 Å². The molecule has 6 heteroatoms. The lowest BCUT2D eigenvalue weighted by Crippen LogP contribution is -2.28. The second-order valence-electron chi connectivity index (χ2n) is 3.38. The van der Waals surface area contributed by atoms with Crippen LogP contribution < -0.4 is 10.0 Å². The maximum absolute atomic E-state index is 10.7. The van der Waals surface area contributed by atoms with E-state index in [9.17, 15) is 8.42 Å². The van der Waals surface area contributed by atoms with Crippen molar-refractivity contribution in [3.63, 3.8) is 0 Å². The largest absolute Gasteiger partial charge is 0.374 e. The summed E-state index contributed by atoms with van der Waals surface area (Å²) in [7, 11) is -3.03. The summed E-state index contributed by atoms with van der Waals surface area (Å²) in [6, 6.07) is 0. The molecule has 0 fully saturated rings. The summed E-state index contributed by atoms with van der Waals surface area (Å²) in [5.41, 5.74) is 0. The number of hydrogen-bond donors (Lipinski definition) is 2. The van der Waals surface area contributed by atoms with Crippen LogP contribution in [0.3, 0.4) is 0 Å². The molecule has 2 N–H and O–H groups in total. The predicted octanol–water partition coefficient (Wildman–Crippen LogP) is -0.292. The summed E-state index contributed by atoms with van der Waals surface area (Å²) in [6.07, 6.45) is 4.11. The van der Waals surface area contributed by atoms with Crippen LogP contribution in [-0.2, 0) is 10.0 Å². The molecule has 0 aromatic rings. The van der Waals surface area contributed by atoms with Crippen molar-refractivity contribution >= 4 is 15.9 Å². The third-order valence-electron chi connectivity index (χ3n) is 1.92. The molecule has 82 valence electrons. The van der Waals surface area contributed by atoms with Gasteiger partial charge in [0.05, 0.1) is 12.1 Å². The van der Waals surface area contributed by atoms with Gasteiger partial charge in [-0.05, 0) is 12.8 Å². The Kier molecular flexibility index (Phi) is 4.34. The minimum absolute atomic E-state index is 0.485. The van der Waals surface area contributed by atoms with Crippen LogP contribution in [0, 0.1) is 0 Å². The first-order valence-corrected chi connectivity index (χ1v) is 6.69. The minimum atomic E-state index is -3.03. The van der Waals surface area contributed by atoms with E-state index in [4.69, 9.17) is 0 Å². The second kappa shape index (κ2) is 5.31. The lowest BCUT2D eigenvalue weighted by atomic mass is 10.3. The molecule has 1 aliphatic rings. The fourth-order valence-corrected chi connectivity index (χ4v) is 1.78. The molecular weight excluding hydrogens is 202 g/mol. The number of sulfonamides is 1. The number of rotatable bonds is 5. The lowest BCUT2D eigenvalue weighted by molar-refractivity contribution is 0.584.